The molecule has 0 aromatic heterocycles. The first-order valence-corrected chi connectivity index (χ1v) is 3.68. The van der Waals surface area contributed by atoms with Gasteiger partial charge in [0, 0.05) is 0 Å². The summed E-state index contributed by atoms with van der Waals surface area (Å²) in [5.74, 6) is 0. The molecule has 0 radical (unpaired) electrons. The van der Waals surface area contributed by atoms with E-state index in [9.17, 15) is 0 Å². The van der Waals surface area contributed by atoms with Crippen molar-refractivity contribution in [2.45, 2.75) is 30.6 Å². The monoisotopic (exact) mass is 233 g/mol. The molecule has 0 aromatic carbocycles. The Hall–Kier alpha value is 0.01000. The van der Waals surface area contributed by atoms with E-state index in [-0.39, 0.29) is 12.4 Å². The summed E-state index contributed by atoms with van der Waals surface area (Å²) in [6.07, 6.45) is -8.68. The third-order valence-corrected chi connectivity index (χ3v) is 1.63. The molecule has 0 heterocycles. The fraction of sp³-hybridized carbons (Fsp3) is 1.00. The highest BCUT2D eigenvalue weighted by Crippen LogP contribution is 2.05. The summed E-state index contributed by atoms with van der Waals surface area (Å²) in [7, 11) is 0. The second-order valence-electron chi connectivity index (χ2n) is 2.71. The highest BCUT2D eigenvalue weighted by Gasteiger charge is 2.32. The lowest BCUT2D eigenvalue weighted by Crippen LogP contribution is -2.52. The molecule has 0 fully saturated rings. The number of aliphatic hydroxyl groups is 6. The van der Waals surface area contributed by atoms with Crippen LogP contribution in [0.15, 0.2) is 0 Å². The summed E-state index contributed by atoms with van der Waals surface area (Å²) in [6, 6.07) is 0. The van der Waals surface area contributed by atoms with Gasteiger partial charge in [-0.05, 0) is 0 Å². The van der Waals surface area contributed by atoms with Gasteiger partial charge in [0.15, 0.2) is 0 Å². The molecule has 0 saturated heterocycles. The van der Waals surface area contributed by atoms with Crippen molar-refractivity contribution in [1.82, 2.24) is 0 Å². The Morgan fingerprint density at radius 1 is 0.857 bits per heavy atom. The zero-order chi connectivity index (χ0) is 10.6. The number of aliphatic hydroxyl groups excluding tert-OH is 6. The average molecular weight is 234 g/mol. The Bertz CT molecular complexity index is 148. The highest BCUT2D eigenvalue weighted by atomic mass is 35.5. The van der Waals surface area contributed by atoms with Crippen molar-refractivity contribution >= 4 is 12.4 Å². The molecule has 0 bridgehead atoms. The molecule has 8 heteroatoms. The Morgan fingerprint density at radius 2 is 1.29 bits per heavy atom. The van der Waals surface area contributed by atoms with Crippen LogP contribution in [0.3, 0.4) is 0 Å². The minimum absolute atomic E-state index is 0. The minimum Gasteiger partial charge on any atom is -0.394 e. The maximum absolute atomic E-state index is 9.05. The van der Waals surface area contributed by atoms with Gasteiger partial charge in [0.1, 0.15) is 30.6 Å². The fourth-order valence-electron chi connectivity index (χ4n) is 0.740. The molecule has 0 aromatic rings. The van der Waals surface area contributed by atoms with Gasteiger partial charge in [-0.1, -0.05) is 0 Å². The zero-order valence-electron chi connectivity index (χ0n) is 7.26. The third kappa shape index (κ3) is 4.49. The first-order chi connectivity index (χ1) is 5.91. The second-order valence-corrected chi connectivity index (χ2v) is 2.71. The van der Waals surface area contributed by atoms with E-state index in [2.05, 4.69) is 0 Å². The lowest BCUT2D eigenvalue weighted by Gasteiger charge is -2.26. The molecule has 0 spiro atoms. The van der Waals surface area contributed by atoms with E-state index < -0.39 is 37.3 Å². The highest BCUT2D eigenvalue weighted by molar-refractivity contribution is 5.85. The van der Waals surface area contributed by atoms with Crippen molar-refractivity contribution in [3.63, 3.8) is 0 Å². The largest absolute Gasteiger partial charge is 0.394 e. The van der Waals surface area contributed by atoms with Gasteiger partial charge in [0.05, 0.1) is 6.61 Å². The first kappa shape index (κ1) is 16.4. The minimum atomic E-state index is -1.82. The maximum atomic E-state index is 9.05. The van der Waals surface area contributed by atoms with Crippen LogP contribution >= 0.6 is 12.4 Å². The van der Waals surface area contributed by atoms with Crippen LogP contribution in [0.4, 0.5) is 0 Å². The summed E-state index contributed by atoms with van der Waals surface area (Å²) in [4.78, 5) is 0. The Kier molecular flexibility index (Phi) is 8.60. The lowest BCUT2D eigenvalue weighted by molar-refractivity contribution is -0.139. The summed E-state index contributed by atoms with van der Waals surface area (Å²) in [5, 5.41) is 52.8. The van der Waals surface area contributed by atoms with Crippen molar-refractivity contribution in [1.29, 1.82) is 0 Å². The number of halogens is 1. The SMILES string of the molecule is Cl.NC(O)[C@H](O)[C@@H](O)[C@H](O)[C@H](O)CO. The van der Waals surface area contributed by atoms with Gasteiger partial charge in [-0.25, -0.2) is 0 Å². The average Bonchev–Trinajstić information content (AvgIpc) is 2.12. The molecule has 0 rings (SSSR count). The van der Waals surface area contributed by atoms with Gasteiger partial charge >= 0.3 is 0 Å². The van der Waals surface area contributed by atoms with E-state index in [1.54, 1.807) is 0 Å². The van der Waals surface area contributed by atoms with Crippen LogP contribution in [0, 0.1) is 0 Å². The van der Waals surface area contributed by atoms with E-state index in [4.69, 9.17) is 36.4 Å². The smallest absolute Gasteiger partial charge is 0.131 e. The van der Waals surface area contributed by atoms with Crippen molar-refractivity contribution in [3.8, 4) is 0 Å². The molecule has 88 valence electrons. The Morgan fingerprint density at radius 3 is 1.57 bits per heavy atom. The van der Waals surface area contributed by atoms with Gasteiger partial charge in [0.2, 0.25) is 0 Å². The van der Waals surface area contributed by atoms with Crippen LogP contribution in [-0.2, 0) is 0 Å². The molecule has 1 unspecified atom stereocenters. The normalized spacial score (nSPS) is 21.6. The molecule has 5 atom stereocenters. The standard InChI is InChI=1S/C6H15NO6.ClH/c7-6(13)5(12)4(11)3(10)2(9)1-8;/h2-6,8-13H,1,7H2;1H/t2-,3-,4+,5-,6?;/m1./s1. The van der Waals surface area contributed by atoms with E-state index >= 15 is 0 Å². The van der Waals surface area contributed by atoms with Gasteiger partial charge < -0.3 is 36.4 Å². The summed E-state index contributed by atoms with van der Waals surface area (Å²) in [5.41, 5.74) is 4.81. The summed E-state index contributed by atoms with van der Waals surface area (Å²) >= 11 is 0. The third-order valence-electron chi connectivity index (χ3n) is 1.63. The lowest BCUT2D eigenvalue weighted by atomic mass is 10.0. The molecule has 0 aliphatic carbocycles. The van der Waals surface area contributed by atoms with Crippen LogP contribution in [0.25, 0.3) is 0 Å². The van der Waals surface area contributed by atoms with Crippen LogP contribution < -0.4 is 5.73 Å². The Labute approximate surface area is 86.8 Å². The van der Waals surface area contributed by atoms with Crippen molar-refractivity contribution in [2.75, 3.05) is 6.61 Å². The van der Waals surface area contributed by atoms with Crippen molar-refractivity contribution < 1.29 is 30.6 Å². The Balaban J connectivity index is 0. The molecule has 0 aliphatic heterocycles. The van der Waals surface area contributed by atoms with E-state index in [1.807, 2.05) is 0 Å². The van der Waals surface area contributed by atoms with Crippen LogP contribution in [0.5, 0.6) is 0 Å². The van der Waals surface area contributed by atoms with Gasteiger partial charge in [-0.3, -0.25) is 0 Å². The predicted molar refractivity (Wildman–Crippen MR) is 48.6 cm³/mol. The number of hydrogen-bond acceptors (Lipinski definition) is 7. The predicted octanol–water partition coefficient (Wildman–Crippen LogP) is -3.88. The van der Waals surface area contributed by atoms with Crippen LogP contribution in [-0.4, -0.2) is 67.9 Å². The fourth-order valence-corrected chi connectivity index (χ4v) is 0.740. The topological polar surface area (TPSA) is 147 Å². The maximum Gasteiger partial charge on any atom is 0.131 e. The summed E-state index contributed by atoms with van der Waals surface area (Å²) < 4.78 is 0. The number of nitrogens with two attached hydrogens (primary N) is 1. The summed E-state index contributed by atoms with van der Waals surface area (Å²) in [6.45, 7) is -0.772. The molecule has 8 N–H and O–H groups in total. The molecular formula is C6H16ClNO6. The quantitative estimate of drug-likeness (QED) is 0.240. The molecule has 0 aliphatic rings. The van der Waals surface area contributed by atoms with Crippen LogP contribution in [0.1, 0.15) is 0 Å². The van der Waals surface area contributed by atoms with Crippen molar-refractivity contribution in [2.24, 2.45) is 5.73 Å². The molecule has 14 heavy (non-hydrogen) atoms. The number of hydrogen-bond donors (Lipinski definition) is 7. The zero-order valence-corrected chi connectivity index (χ0v) is 8.08. The molecule has 7 nitrogen and oxygen atoms in total. The molecular weight excluding hydrogens is 218 g/mol. The molecule has 0 saturated carbocycles. The van der Waals surface area contributed by atoms with Gasteiger partial charge in [-0.15, -0.1) is 12.4 Å². The van der Waals surface area contributed by atoms with E-state index in [0.29, 0.717) is 0 Å². The van der Waals surface area contributed by atoms with E-state index in [1.165, 1.54) is 0 Å². The second kappa shape index (κ2) is 7.32. The van der Waals surface area contributed by atoms with Gasteiger partial charge in [0.25, 0.3) is 0 Å². The number of rotatable bonds is 5. The first-order valence-electron chi connectivity index (χ1n) is 3.68. The van der Waals surface area contributed by atoms with Gasteiger partial charge in [-0.2, -0.15) is 0 Å². The van der Waals surface area contributed by atoms with Crippen LogP contribution in [0.2, 0.25) is 0 Å². The van der Waals surface area contributed by atoms with E-state index in [0.717, 1.165) is 0 Å². The van der Waals surface area contributed by atoms with Crippen molar-refractivity contribution in [3.05, 3.63) is 0 Å². The molecule has 0 amide bonds.